The van der Waals surface area contributed by atoms with Crippen LogP contribution in [0.25, 0.3) is 10.9 Å². The van der Waals surface area contributed by atoms with Crippen molar-refractivity contribution in [3.8, 4) is 11.5 Å². The number of aromatic nitrogens is 2. The summed E-state index contributed by atoms with van der Waals surface area (Å²) >= 11 is 0. The number of aliphatic hydroxyl groups excluding tert-OH is 1. The molecule has 0 amide bonds. The predicted molar refractivity (Wildman–Crippen MR) is 110 cm³/mol. The zero-order chi connectivity index (χ0) is 19.8. The summed E-state index contributed by atoms with van der Waals surface area (Å²) in [6.07, 6.45) is 6.77. The third kappa shape index (κ3) is 5.31. The van der Waals surface area contributed by atoms with Gasteiger partial charge in [-0.3, -0.25) is 9.80 Å². The fraction of sp³-hybridized carbons (Fsp3) is 0.619. The minimum Gasteiger partial charge on any atom is -0.493 e. The van der Waals surface area contributed by atoms with Crippen LogP contribution in [0.1, 0.15) is 26.2 Å². The smallest absolute Gasteiger partial charge is 0.163 e. The highest BCUT2D eigenvalue weighted by Gasteiger charge is 2.25. The Morgan fingerprint density at radius 1 is 1.32 bits per heavy atom. The Bertz CT molecular complexity index is 743. The van der Waals surface area contributed by atoms with Gasteiger partial charge in [0.25, 0.3) is 0 Å². The highest BCUT2D eigenvalue weighted by molar-refractivity contribution is 5.81. The summed E-state index contributed by atoms with van der Waals surface area (Å²) in [5.74, 6) is 1.44. The zero-order valence-electron chi connectivity index (χ0n) is 17.0. The van der Waals surface area contributed by atoms with Crippen molar-refractivity contribution in [3.05, 3.63) is 24.7 Å². The van der Waals surface area contributed by atoms with Crippen LogP contribution in [0.15, 0.2) is 24.7 Å². The molecule has 3 rings (SSSR count). The number of rotatable bonds is 11. The number of nitrogens with zero attached hydrogens (tertiary/aromatic N) is 4. The van der Waals surface area contributed by atoms with Gasteiger partial charge in [0.05, 0.1) is 25.8 Å². The molecule has 0 bridgehead atoms. The van der Waals surface area contributed by atoms with Crippen LogP contribution in [-0.4, -0.2) is 84.0 Å². The summed E-state index contributed by atoms with van der Waals surface area (Å²) in [5.41, 5.74) is 0.856. The number of fused-ring (bicyclic) bond motifs is 1. The molecule has 1 fully saturated rings. The molecule has 1 saturated heterocycles. The zero-order valence-corrected chi connectivity index (χ0v) is 17.0. The van der Waals surface area contributed by atoms with Crippen LogP contribution in [0.2, 0.25) is 0 Å². The predicted octanol–water partition coefficient (Wildman–Crippen LogP) is 2.19. The highest BCUT2D eigenvalue weighted by atomic mass is 16.5. The van der Waals surface area contributed by atoms with E-state index in [-0.39, 0.29) is 6.61 Å². The third-order valence-corrected chi connectivity index (χ3v) is 5.47. The summed E-state index contributed by atoms with van der Waals surface area (Å²) in [7, 11) is 1.65. The Hall–Kier alpha value is -1.96. The molecule has 7 heteroatoms. The maximum absolute atomic E-state index is 9.21. The molecular weight excluding hydrogens is 356 g/mol. The topological polar surface area (TPSA) is 71.0 Å². The van der Waals surface area contributed by atoms with E-state index < -0.39 is 0 Å². The van der Waals surface area contributed by atoms with Crippen LogP contribution in [0.3, 0.4) is 0 Å². The quantitative estimate of drug-likeness (QED) is 0.592. The van der Waals surface area contributed by atoms with Crippen molar-refractivity contribution in [3.63, 3.8) is 0 Å². The van der Waals surface area contributed by atoms with Crippen LogP contribution in [0, 0.1) is 0 Å². The molecule has 1 aliphatic heterocycles. The van der Waals surface area contributed by atoms with Gasteiger partial charge in [-0.25, -0.2) is 9.97 Å². The second-order valence-corrected chi connectivity index (χ2v) is 7.24. The molecule has 154 valence electrons. The molecule has 0 aliphatic carbocycles. The number of methoxy groups -OCH3 is 1. The van der Waals surface area contributed by atoms with Crippen LogP contribution < -0.4 is 9.47 Å². The van der Waals surface area contributed by atoms with Crippen LogP contribution in [0.5, 0.6) is 11.5 Å². The number of likely N-dealkylation sites (N-methyl/N-ethyl adjacent to an activating group) is 1. The molecule has 1 atom stereocenters. The first-order chi connectivity index (χ1) is 13.7. The van der Waals surface area contributed by atoms with Gasteiger partial charge in [-0.2, -0.15) is 0 Å². The van der Waals surface area contributed by atoms with Crippen molar-refractivity contribution in [2.75, 3.05) is 53.0 Å². The van der Waals surface area contributed by atoms with Gasteiger partial charge in [0.2, 0.25) is 0 Å². The Balaban J connectivity index is 1.50. The molecule has 7 nitrogen and oxygen atoms in total. The second-order valence-electron chi connectivity index (χ2n) is 7.24. The molecule has 2 heterocycles. The van der Waals surface area contributed by atoms with E-state index in [4.69, 9.17) is 9.47 Å². The molecule has 2 aromatic rings. The maximum Gasteiger partial charge on any atom is 0.163 e. The lowest BCUT2D eigenvalue weighted by atomic mass is 10.2. The van der Waals surface area contributed by atoms with Crippen molar-refractivity contribution in [1.29, 1.82) is 0 Å². The lowest BCUT2D eigenvalue weighted by Crippen LogP contribution is -2.42. The minimum absolute atomic E-state index is 0.229. The Labute approximate surface area is 167 Å². The van der Waals surface area contributed by atoms with Gasteiger partial charge in [-0.1, -0.05) is 6.92 Å². The first-order valence-corrected chi connectivity index (χ1v) is 10.2. The number of aliphatic hydroxyl groups is 1. The van der Waals surface area contributed by atoms with E-state index in [9.17, 15) is 5.11 Å². The maximum atomic E-state index is 9.21. The van der Waals surface area contributed by atoms with E-state index >= 15 is 0 Å². The van der Waals surface area contributed by atoms with E-state index in [0.717, 1.165) is 55.8 Å². The summed E-state index contributed by atoms with van der Waals surface area (Å²) in [5, 5.41) is 10.1. The lowest BCUT2D eigenvalue weighted by molar-refractivity contribution is 0.145. The van der Waals surface area contributed by atoms with Gasteiger partial charge in [0.1, 0.15) is 6.33 Å². The third-order valence-electron chi connectivity index (χ3n) is 5.47. The monoisotopic (exact) mass is 388 g/mol. The fourth-order valence-corrected chi connectivity index (χ4v) is 3.93. The van der Waals surface area contributed by atoms with E-state index in [0.29, 0.717) is 18.4 Å². The normalized spacial score (nSPS) is 17.5. The first-order valence-electron chi connectivity index (χ1n) is 10.2. The van der Waals surface area contributed by atoms with Crippen molar-refractivity contribution in [2.45, 2.75) is 32.2 Å². The van der Waals surface area contributed by atoms with Gasteiger partial charge >= 0.3 is 0 Å². The van der Waals surface area contributed by atoms with E-state index in [1.807, 2.05) is 12.1 Å². The van der Waals surface area contributed by atoms with Crippen molar-refractivity contribution >= 4 is 10.9 Å². The average molecular weight is 389 g/mol. The Kier molecular flexibility index (Phi) is 7.82. The van der Waals surface area contributed by atoms with Crippen molar-refractivity contribution < 1.29 is 14.6 Å². The molecule has 1 N–H and O–H groups in total. The lowest BCUT2D eigenvalue weighted by Gasteiger charge is -2.29. The molecule has 1 aromatic heterocycles. The van der Waals surface area contributed by atoms with Gasteiger partial charge in [-0.05, 0) is 38.4 Å². The first kappa shape index (κ1) is 20.8. The molecule has 0 radical (unpaired) electrons. The van der Waals surface area contributed by atoms with Gasteiger partial charge < -0.3 is 14.6 Å². The van der Waals surface area contributed by atoms with Gasteiger partial charge in [0.15, 0.2) is 11.5 Å². The van der Waals surface area contributed by atoms with E-state index in [2.05, 4.69) is 26.7 Å². The summed E-state index contributed by atoms with van der Waals surface area (Å²) < 4.78 is 11.5. The number of likely N-dealkylation sites (tertiary alicyclic amines) is 1. The van der Waals surface area contributed by atoms with Gasteiger partial charge in [0, 0.05) is 43.3 Å². The molecule has 0 saturated carbocycles. The molecule has 1 aromatic carbocycles. The van der Waals surface area contributed by atoms with E-state index in [1.54, 1.807) is 19.6 Å². The van der Waals surface area contributed by atoms with E-state index in [1.165, 1.54) is 12.8 Å². The molecular formula is C21H32N4O3. The van der Waals surface area contributed by atoms with Crippen LogP contribution in [-0.2, 0) is 0 Å². The molecule has 1 aliphatic rings. The standard InChI is InChI=1S/C21H32N4O3/c1-3-24(9-10-26)15-18-6-4-7-25(18)8-5-11-28-21-13-19-17(12-20(21)27-2)14-22-16-23-19/h12-14,16,18,26H,3-11,15H2,1-2H3/t18-/m0/s1. The van der Waals surface area contributed by atoms with Gasteiger partial charge in [-0.15, -0.1) is 0 Å². The summed E-state index contributed by atoms with van der Waals surface area (Å²) in [6, 6.07) is 4.42. The summed E-state index contributed by atoms with van der Waals surface area (Å²) in [4.78, 5) is 13.2. The van der Waals surface area contributed by atoms with Crippen LogP contribution >= 0.6 is 0 Å². The van der Waals surface area contributed by atoms with Crippen LogP contribution in [0.4, 0.5) is 0 Å². The fourth-order valence-electron chi connectivity index (χ4n) is 3.93. The molecule has 0 spiro atoms. The largest absolute Gasteiger partial charge is 0.493 e. The number of benzene rings is 1. The molecule has 0 unspecified atom stereocenters. The summed E-state index contributed by atoms with van der Waals surface area (Å²) in [6.45, 7) is 7.99. The number of hydrogen-bond donors (Lipinski definition) is 1. The van der Waals surface area contributed by atoms with Crippen molar-refractivity contribution in [2.24, 2.45) is 0 Å². The Morgan fingerprint density at radius 3 is 3.00 bits per heavy atom. The average Bonchev–Trinajstić information content (AvgIpc) is 3.17. The minimum atomic E-state index is 0.229. The number of ether oxygens (including phenoxy) is 2. The number of hydrogen-bond acceptors (Lipinski definition) is 7. The molecule has 28 heavy (non-hydrogen) atoms. The second kappa shape index (κ2) is 10.5. The SMILES string of the molecule is CCN(CCO)C[C@@H]1CCCN1CCCOc1cc2ncncc2cc1OC. The Morgan fingerprint density at radius 2 is 2.21 bits per heavy atom. The van der Waals surface area contributed by atoms with Crippen molar-refractivity contribution in [1.82, 2.24) is 19.8 Å². The highest BCUT2D eigenvalue weighted by Crippen LogP contribution is 2.31.